The number of halogens is 1. The molecule has 0 unspecified atom stereocenters. The maximum Gasteiger partial charge on any atom is 0.262 e. The van der Waals surface area contributed by atoms with Crippen molar-refractivity contribution in [3.63, 3.8) is 0 Å². The van der Waals surface area contributed by atoms with Gasteiger partial charge < -0.3 is 10.1 Å². The number of anilines is 1. The van der Waals surface area contributed by atoms with Crippen LogP contribution in [0.4, 0.5) is 5.69 Å². The lowest BCUT2D eigenvalue weighted by Gasteiger charge is -2.12. The highest BCUT2D eigenvalue weighted by molar-refractivity contribution is 7.90. The molecule has 0 bridgehead atoms. The van der Waals surface area contributed by atoms with Crippen LogP contribution in [0.5, 0.6) is 5.75 Å². The Balaban J connectivity index is 1.76. The first-order chi connectivity index (χ1) is 12.4. The molecule has 0 fully saturated rings. The van der Waals surface area contributed by atoms with Crippen LogP contribution in [0.3, 0.4) is 0 Å². The second-order valence-electron chi connectivity index (χ2n) is 5.70. The largest absolute Gasteiger partial charge is 0.483 e. The number of carbonyl (C=O) groups is 1. The molecule has 5 nitrogen and oxygen atoms in total. The van der Waals surface area contributed by atoms with Gasteiger partial charge >= 0.3 is 0 Å². The maximum atomic E-state index is 12.2. The predicted octanol–water partition coefficient (Wildman–Crippen LogP) is 3.91. The minimum absolute atomic E-state index is 0.0605. The molecule has 134 valence electrons. The molecule has 0 heterocycles. The molecule has 3 aromatic carbocycles. The molecule has 0 saturated heterocycles. The quantitative estimate of drug-likeness (QED) is 0.718. The zero-order chi connectivity index (χ0) is 18.7. The van der Waals surface area contributed by atoms with Gasteiger partial charge in [-0.2, -0.15) is 0 Å². The first kappa shape index (κ1) is 18.2. The number of ether oxygens (including phenoxy) is 1. The van der Waals surface area contributed by atoms with E-state index in [0.717, 1.165) is 17.0 Å². The molecule has 0 aromatic heterocycles. The van der Waals surface area contributed by atoms with Gasteiger partial charge in [-0.15, -0.1) is 0 Å². The summed E-state index contributed by atoms with van der Waals surface area (Å²) in [5.74, 6) is 0.0664. The molecule has 26 heavy (non-hydrogen) atoms. The van der Waals surface area contributed by atoms with Crippen LogP contribution >= 0.6 is 11.6 Å². The summed E-state index contributed by atoms with van der Waals surface area (Å²) < 4.78 is 29.2. The van der Waals surface area contributed by atoms with Crippen LogP contribution in [0.1, 0.15) is 0 Å². The Bertz CT molecular complexity index is 1080. The van der Waals surface area contributed by atoms with Crippen molar-refractivity contribution >= 4 is 43.8 Å². The average molecular weight is 390 g/mol. The van der Waals surface area contributed by atoms with Crippen molar-refractivity contribution in [3.05, 3.63) is 65.7 Å². The Morgan fingerprint density at radius 1 is 1.00 bits per heavy atom. The second-order valence-corrected chi connectivity index (χ2v) is 8.09. The molecular formula is C19H16ClNO4S. The Hall–Kier alpha value is -2.57. The molecule has 0 saturated carbocycles. The van der Waals surface area contributed by atoms with Crippen LogP contribution in [-0.4, -0.2) is 27.2 Å². The number of benzene rings is 3. The molecule has 3 rings (SSSR count). The van der Waals surface area contributed by atoms with Crippen molar-refractivity contribution in [1.29, 1.82) is 0 Å². The molecule has 0 aliphatic heterocycles. The smallest absolute Gasteiger partial charge is 0.262 e. The second kappa shape index (κ2) is 7.35. The topological polar surface area (TPSA) is 72.5 Å². The number of hydrogen-bond donors (Lipinski definition) is 1. The van der Waals surface area contributed by atoms with Crippen molar-refractivity contribution in [3.8, 4) is 5.75 Å². The predicted molar refractivity (Wildman–Crippen MR) is 103 cm³/mol. The normalized spacial score (nSPS) is 11.3. The average Bonchev–Trinajstić information content (AvgIpc) is 2.61. The summed E-state index contributed by atoms with van der Waals surface area (Å²) >= 11 is 6.17. The zero-order valence-corrected chi connectivity index (χ0v) is 15.5. The van der Waals surface area contributed by atoms with Crippen LogP contribution in [0.25, 0.3) is 10.8 Å². The van der Waals surface area contributed by atoms with Crippen LogP contribution in [0.15, 0.2) is 65.6 Å². The molecule has 3 aromatic rings. The minimum Gasteiger partial charge on any atom is -0.483 e. The van der Waals surface area contributed by atoms with E-state index < -0.39 is 15.7 Å². The van der Waals surface area contributed by atoms with E-state index in [4.69, 9.17) is 16.3 Å². The van der Waals surface area contributed by atoms with Crippen LogP contribution in [0, 0.1) is 0 Å². The van der Waals surface area contributed by atoms with Gasteiger partial charge in [0.05, 0.1) is 10.6 Å². The summed E-state index contributed by atoms with van der Waals surface area (Å²) in [6.07, 6.45) is 1.09. The summed E-state index contributed by atoms with van der Waals surface area (Å²) in [4.78, 5) is 12.3. The maximum absolute atomic E-state index is 12.2. The van der Waals surface area contributed by atoms with Crippen molar-refractivity contribution in [2.75, 3.05) is 18.2 Å². The Morgan fingerprint density at radius 2 is 1.65 bits per heavy atom. The lowest BCUT2D eigenvalue weighted by atomic mass is 10.1. The first-order valence-corrected chi connectivity index (χ1v) is 10.0. The fraction of sp³-hybridized carbons (Fsp3) is 0.105. The van der Waals surface area contributed by atoms with Gasteiger partial charge in [0, 0.05) is 22.1 Å². The third-order valence-corrected chi connectivity index (χ3v) is 5.23. The van der Waals surface area contributed by atoms with Gasteiger partial charge in [-0.1, -0.05) is 48.0 Å². The van der Waals surface area contributed by atoms with E-state index in [0.29, 0.717) is 10.8 Å². The highest BCUT2D eigenvalue weighted by Gasteiger charge is 2.15. The summed E-state index contributed by atoms with van der Waals surface area (Å²) in [5, 5.41) is 4.80. The van der Waals surface area contributed by atoms with Crippen molar-refractivity contribution < 1.29 is 17.9 Å². The van der Waals surface area contributed by atoms with Gasteiger partial charge in [0.25, 0.3) is 5.91 Å². The fourth-order valence-electron chi connectivity index (χ4n) is 2.58. The summed E-state index contributed by atoms with van der Waals surface area (Å²) in [5.41, 5.74) is 0.226. The van der Waals surface area contributed by atoms with Gasteiger partial charge in [0.2, 0.25) is 0 Å². The summed E-state index contributed by atoms with van der Waals surface area (Å²) in [7, 11) is -3.45. The Morgan fingerprint density at radius 3 is 2.38 bits per heavy atom. The molecule has 0 aliphatic carbocycles. The summed E-state index contributed by atoms with van der Waals surface area (Å²) in [6, 6.07) is 17.1. The third kappa shape index (κ3) is 3.98. The molecule has 1 N–H and O–H groups in total. The number of carbonyl (C=O) groups excluding carboxylic acids is 1. The number of sulfone groups is 1. The van der Waals surface area contributed by atoms with Gasteiger partial charge in [-0.05, 0) is 24.3 Å². The van der Waals surface area contributed by atoms with E-state index >= 15 is 0 Å². The minimum atomic E-state index is -3.45. The highest BCUT2D eigenvalue weighted by Crippen LogP contribution is 2.31. The molecule has 1 amide bonds. The van der Waals surface area contributed by atoms with Gasteiger partial charge in [-0.3, -0.25) is 4.79 Å². The van der Waals surface area contributed by atoms with E-state index in [2.05, 4.69) is 5.32 Å². The van der Waals surface area contributed by atoms with E-state index in [1.54, 1.807) is 24.3 Å². The van der Waals surface area contributed by atoms with Crippen LogP contribution in [0.2, 0.25) is 5.02 Å². The number of hydrogen-bond acceptors (Lipinski definition) is 4. The third-order valence-electron chi connectivity index (χ3n) is 3.75. The van der Waals surface area contributed by atoms with Crippen LogP contribution < -0.4 is 10.1 Å². The van der Waals surface area contributed by atoms with Crippen molar-refractivity contribution in [2.45, 2.75) is 4.90 Å². The van der Waals surface area contributed by atoms with Crippen molar-refractivity contribution in [1.82, 2.24) is 0 Å². The molecule has 0 radical (unpaired) electrons. The standard InChI is InChI=1S/C19H16ClNO4S/c1-26(23,24)18-9-5-4-8-16(18)21-19(22)12-25-17-11-10-15(20)13-6-2-3-7-14(13)17/h2-11H,12H2,1H3,(H,21,22). The lowest BCUT2D eigenvalue weighted by molar-refractivity contribution is -0.118. The van der Waals surface area contributed by atoms with Crippen LogP contribution in [-0.2, 0) is 14.6 Å². The van der Waals surface area contributed by atoms with Crippen molar-refractivity contribution in [2.24, 2.45) is 0 Å². The number of fused-ring (bicyclic) bond motifs is 1. The zero-order valence-electron chi connectivity index (χ0n) is 13.9. The number of rotatable bonds is 5. The monoisotopic (exact) mass is 389 g/mol. The number of para-hydroxylation sites is 1. The lowest BCUT2D eigenvalue weighted by Crippen LogP contribution is -2.21. The first-order valence-electron chi connectivity index (χ1n) is 7.75. The van der Waals surface area contributed by atoms with E-state index in [-0.39, 0.29) is 17.2 Å². The number of amides is 1. The fourth-order valence-corrected chi connectivity index (χ4v) is 3.66. The highest BCUT2D eigenvalue weighted by atomic mass is 35.5. The molecule has 0 atom stereocenters. The Labute approximate surface area is 156 Å². The number of nitrogens with one attached hydrogen (secondary N) is 1. The summed E-state index contributed by atoms with van der Waals surface area (Å²) in [6.45, 7) is -0.260. The molecule has 7 heteroatoms. The van der Waals surface area contributed by atoms with Gasteiger partial charge in [-0.25, -0.2) is 8.42 Å². The van der Waals surface area contributed by atoms with E-state index in [1.807, 2.05) is 24.3 Å². The Kier molecular flexibility index (Phi) is 5.15. The van der Waals surface area contributed by atoms with Gasteiger partial charge in [0.15, 0.2) is 16.4 Å². The van der Waals surface area contributed by atoms with E-state index in [1.165, 1.54) is 12.1 Å². The molecular weight excluding hydrogens is 374 g/mol. The molecule has 0 aliphatic rings. The van der Waals surface area contributed by atoms with E-state index in [9.17, 15) is 13.2 Å². The SMILES string of the molecule is CS(=O)(=O)c1ccccc1NC(=O)COc1ccc(Cl)c2ccccc12. The van der Waals surface area contributed by atoms with Gasteiger partial charge in [0.1, 0.15) is 5.75 Å². The molecule has 0 spiro atoms.